The van der Waals surface area contributed by atoms with Crippen molar-refractivity contribution in [1.82, 2.24) is 0 Å². The van der Waals surface area contributed by atoms with Gasteiger partial charge in [0, 0.05) is 25.2 Å². The summed E-state index contributed by atoms with van der Waals surface area (Å²) in [6.45, 7) is 1.68. The van der Waals surface area contributed by atoms with Gasteiger partial charge >= 0.3 is 0 Å². The van der Waals surface area contributed by atoms with Crippen LogP contribution in [0.5, 0.6) is 5.75 Å². The quantitative estimate of drug-likeness (QED) is 0.650. The van der Waals surface area contributed by atoms with Gasteiger partial charge < -0.3 is 15.0 Å². The molecular weight excluding hydrogens is 334 g/mol. The van der Waals surface area contributed by atoms with Gasteiger partial charge in [-0.2, -0.15) is 0 Å². The van der Waals surface area contributed by atoms with Gasteiger partial charge in [0.1, 0.15) is 5.75 Å². The van der Waals surface area contributed by atoms with Crippen molar-refractivity contribution in [3.8, 4) is 5.75 Å². The first-order chi connectivity index (χ1) is 12.6. The van der Waals surface area contributed by atoms with E-state index < -0.39 is 10.8 Å². The summed E-state index contributed by atoms with van der Waals surface area (Å²) in [5.74, 6) is 0.143. The van der Waals surface area contributed by atoms with Crippen molar-refractivity contribution in [2.45, 2.75) is 19.3 Å². The number of amides is 1. The highest BCUT2D eigenvalue weighted by atomic mass is 16.6. The number of nitro benzene ring substituents is 1. The number of hydrogen-bond donors (Lipinski definition) is 1. The third kappa shape index (κ3) is 3.77. The van der Waals surface area contributed by atoms with Crippen LogP contribution in [0.4, 0.5) is 17.1 Å². The molecule has 0 unspecified atom stereocenters. The van der Waals surface area contributed by atoms with Gasteiger partial charge in [-0.1, -0.05) is 12.1 Å². The van der Waals surface area contributed by atoms with E-state index in [9.17, 15) is 14.9 Å². The number of methoxy groups -OCH3 is 1. The van der Waals surface area contributed by atoms with Crippen molar-refractivity contribution in [2.75, 3.05) is 30.4 Å². The Kier molecular flexibility index (Phi) is 5.36. The Morgan fingerprint density at radius 2 is 1.88 bits per heavy atom. The Balaban J connectivity index is 1.96. The van der Waals surface area contributed by atoms with E-state index in [-0.39, 0.29) is 5.69 Å². The van der Waals surface area contributed by atoms with E-state index in [0.717, 1.165) is 38.0 Å². The fraction of sp³-hybridized carbons (Fsp3) is 0.316. The molecule has 2 aromatic rings. The summed E-state index contributed by atoms with van der Waals surface area (Å²) in [6, 6.07) is 11.5. The van der Waals surface area contributed by atoms with E-state index in [1.165, 1.54) is 19.2 Å². The molecule has 0 spiro atoms. The third-order valence-electron chi connectivity index (χ3n) is 4.49. The maximum atomic E-state index is 12.9. The highest BCUT2D eigenvalue weighted by Crippen LogP contribution is 2.30. The lowest BCUT2D eigenvalue weighted by Crippen LogP contribution is -2.31. The van der Waals surface area contributed by atoms with Gasteiger partial charge in [0.25, 0.3) is 11.6 Å². The van der Waals surface area contributed by atoms with Crippen LogP contribution in [0.25, 0.3) is 0 Å². The monoisotopic (exact) mass is 355 g/mol. The average Bonchev–Trinajstić information content (AvgIpc) is 2.68. The lowest BCUT2D eigenvalue weighted by Gasteiger charge is -2.30. The minimum Gasteiger partial charge on any atom is -0.495 e. The summed E-state index contributed by atoms with van der Waals surface area (Å²) in [5, 5.41) is 14.0. The summed E-state index contributed by atoms with van der Waals surface area (Å²) in [7, 11) is 1.53. The van der Waals surface area contributed by atoms with Gasteiger partial charge in [0.15, 0.2) is 0 Å². The number of nitro groups is 1. The van der Waals surface area contributed by atoms with Crippen LogP contribution in [0, 0.1) is 10.1 Å². The zero-order valence-electron chi connectivity index (χ0n) is 14.6. The molecule has 7 heteroatoms. The molecule has 26 heavy (non-hydrogen) atoms. The van der Waals surface area contributed by atoms with Crippen molar-refractivity contribution in [2.24, 2.45) is 0 Å². The van der Waals surface area contributed by atoms with Crippen molar-refractivity contribution in [3.05, 3.63) is 58.1 Å². The van der Waals surface area contributed by atoms with Crippen molar-refractivity contribution in [1.29, 1.82) is 0 Å². The molecule has 1 aliphatic heterocycles. The summed E-state index contributed by atoms with van der Waals surface area (Å²) < 4.78 is 5.26. The Morgan fingerprint density at radius 1 is 1.15 bits per heavy atom. The predicted octanol–water partition coefficient (Wildman–Crippen LogP) is 3.85. The van der Waals surface area contributed by atoms with Crippen LogP contribution in [-0.4, -0.2) is 31.0 Å². The van der Waals surface area contributed by atoms with E-state index in [4.69, 9.17) is 4.74 Å². The van der Waals surface area contributed by atoms with Crippen molar-refractivity contribution in [3.63, 3.8) is 0 Å². The molecule has 7 nitrogen and oxygen atoms in total. The molecule has 1 saturated heterocycles. The second kappa shape index (κ2) is 7.86. The zero-order chi connectivity index (χ0) is 18.5. The van der Waals surface area contributed by atoms with Gasteiger partial charge in [-0.05, 0) is 37.5 Å². The number of hydrogen-bond acceptors (Lipinski definition) is 5. The van der Waals surface area contributed by atoms with Crippen LogP contribution in [0.3, 0.4) is 0 Å². The van der Waals surface area contributed by atoms with Gasteiger partial charge in [0.2, 0.25) is 0 Å². The van der Waals surface area contributed by atoms with Crippen LogP contribution in [0.1, 0.15) is 29.6 Å². The Labute approximate surface area is 151 Å². The van der Waals surface area contributed by atoms with E-state index in [0.29, 0.717) is 17.0 Å². The number of ether oxygens (including phenoxy) is 1. The van der Waals surface area contributed by atoms with E-state index in [2.05, 4.69) is 10.2 Å². The first kappa shape index (κ1) is 17.7. The highest BCUT2D eigenvalue weighted by molar-refractivity contribution is 6.09. The molecule has 1 N–H and O–H groups in total. The molecule has 0 aliphatic carbocycles. The van der Waals surface area contributed by atoms with Crippen LogP contribution in [0.2, 0.25) is 0 Å². The van der Waals surface area contributed by atoms with Crippen LogP contribution < -0.4 is 15.0 Å². The number of anilines is 2. The Morgan fingerprint density at radius 3 is 2.58 bits per heavy atom. The molecule has 0 bridgehead atoms. The summed E-state index contributed by atoms with van der Waals surface area (Å²) in [5.41, 5.74) is 1.45. The fourth-order valence-corrected chi connectivity index (χ4v) is 3.17. The standard InChI is InChI=1S/C19H21N3O4/c1-26-18-8-4-3-7-16(18)20-19(23)15-13-14(22(24)25)9-10-17(15)21-11-5-2-6-12-21/h3-4,7-10,13H,2,5-6,11-12H2,1H3,(H,20,23). The minimum atomic E-state index is -0.486. The molecule has 0 radical (unpaired) electrons. The summed E-state index contributed by atoms with van der Waals surface area (Å²) >= 11 is 0. The van der Waals surface area contributed by atoms with Gasteiger partial charge in [-0.25, -0.2) is 0 Å². The second-order valence-corrected chi connectivity index (χ2v) is 6.16. The van der Waals surface area contributed by atoms with Crippen molar-refractivity contribution >= 4 is 23.0 Å². The molecule has 1 fully saturated rings. The van der Waals surface area contributed by atoms with E-state index in [1.54, 1.807) is 30.3 Å². The largest absolute Gasteiger partial charge is 0.495 e. The number of nitrogens with zero attached hydrogens (tertiary/aromatic N) is 2. The highest BCUT2D eigenvalue weighted by Gasteiger charge is 2.22. The van der Waals surface area contributed by atoms with Gasteiger partial charge in [0.05, 0.1) is 29.0 Å². The molecule has 0 aromatic heterocycles. The maximum Gasteiger partial charge on any atom is 0.270 e. The smallest absolute Gasteiger partial charge is 0.270 e. The zero-order valence-corrected chi connectivity index (χ0v) is 14.6. The molecule has 1 heterocycles. The minimum absolute atomic E-state index is 0.101. The number of benzene rings is 2. The first-order valence-electron chi connectivity index (χ1n) is 8.58. The number of carbonyl (C=O) groups is 1. The molecule has 1 amide bonds. The fourth-order valence-electron chi connectivity index (χ4n) is 3.17. The number of piperidine rings is 1. The summed E-state index contributed by atoms with van der Waals surface area (Å²) in [6.07, 6.45) is 3.25. The first-order valence-corrected chi connectivity index (χ1v) is 8.58. The van der Waals surface area contributed by atoms with Crippen LogP contribution in [0.15, 0.2) is 42.5 Å². The van der Waals surface area contributed by atoms with E-state index >= 15 is 0 Å². The maximum absolute atomic E-state index is 12.9. The number of nitrogens with one attached hydrogen (secondary N) is 1. The lowest BCUT2D eigenvalue weighted by atomic mass is 10.1. The number of carbonyl (C=O) groups excluding carboxylic acids is 1. The van der Waals surface area contributed by atoms with E-state index in [1.807, 2.05) is 0 Å². The predicted molar refractivity (Wildman–Crippen MR) is 100 cm³/mol. The molecule has 136 valence electrons. The third-order valence-corrected chi connectivity index (χ3v) is 4.49. The molecule has 0 saturated carbocycles. The molecule has 0 atom stereocenters. The topological polar surface area (TPSA) is 84.7 Å². The molecule has 2 aromatic carbocycles. The lowest BCUT2D eigenvalue weighted by molar-refractivity contribution is -0.384. The molecular formula is C19H21N3O4. The van der Waals surface area contributed by atoms with Crippen LogP contribution in [-0.2, 0) is 0 Å². The molecule has 1 aliphatic rings. The summed E-state index contributed by atoms with van der Waals surface area (Å²) in [4.78, 5) is 25.7. The van der Waals surface area contributed by atoms with Gasteiger partial charge in [-0.15, -0.1) is 0 Å². The normalized spacial score (nSPS) is 14.0. The Bertz CT molecular complexity index is 816. The number of non-ortho nitro benzene ring substituents is 1. The SMILES string of the molecule is COc1ccccc1NC(=O)c1cc([N+](=O)[O-])ccc1N1CCCCC1. The van der Waals surface area contributed by atoms with Gasteiger partial charge in [-0.3, -0.25) is 14.9 Å². The second-order valence-electron chi connectivity index (χ2n) is 6.16. The number of rotatable bonds is 5. The average molecular weight is 355 g/mol. The Hall–Kier alpha value is -3.09. The molecule has 3 rings (SSSR count). The van der Waals surface area contributed by atoms with Crippen LogP contribution >= 0.6 is 0 Å². The number of para-hydroxylation sites is 2. The van der Waals surface area contributed by atoms with Crippen molar-refractivity contribution < 1.29 is 14.5 Å².